The highest BCUT2D eigenvalue weighted by Crippen LogP contribution is 2.26. The van der Waals surface area contributed by atoms with E-state index in [1.54, 1.807) is 0 Å². The van der Waals surface area contributed by atoms with Gasteiger partial charge in [-0.05, 0) is 44.7 Å². The van der Waals surface area contributed by atoms with E-state index in [0.717, 1.165) is 18.9 Å². The third-order valence-corrected chi connectivity index (χ3v) is 3.72. The molecule has 1 aliphatic rings. The second kappa shape index (κ2) is 5.26. The summed E-state index contributed by atoms with van der Waals surface area (Å²) in [5, 5.41) is 9.91. The Kier molecular flexibility index (Phi) is 3.93. The first kappa shape index (κ1) is 12.7. The fraction of sp³-hybridized carbons (Fsp3) is 0.733. The summed E-state index contributed by atoms with van der Waals surface area (Å²) in [5.41, 5.74) is 0.658. The van der Waals surface area contributed by atoms with Gasteiger partial charge in [0.1, 0.15) is 0 Å². The third-order valence-electron chi connectivity index (χ3n) is 3.72. The number of hydrogen-bond donors (Lipinski definition) is 1. The quantitative estimate of drug-likeness (QED) is 0.850. The van der Waals surface area contributed by atoms with E-state index in [-0.39, 0.29) is 0 Å². The molecule has 1 aromatic rings. The van der Waals surface area contributed by atoms with Crippen LogP contribution in [-0.4, -0.2) is 15.3 Å². The molecule has 2 rings (SSSR count). The van der Waals surface area contributed by atoms with Crippen molar-refractivity contribution in [1.82, 2.24) is 4.57 Å². The molecular formula is C15H25NO. The van der Waals surface area contributed by atoms with Crippen LogP contribution in [0, 0.1) is 5.92 Å². The van der Waals surface area contributed by atoms with E-state index in [2.05, 4.69) is 22.9 Å². The van der Waals surface area contributed by atoms with Gasteiger partial charge in [-0.2, -0.15) is 0 Å². The fourth-order valence-corrected chi connectivity index (χ4v) is 2.88. The Balaban J connectivity index is 1.98. The first-order valence-corrected chi connectivity index (χ1v) is 6.91. The van der Waals surface area contributed by atoms with Gasteiger partial charge in [0, 0.05) is 24.9 Å². The summed E-state index contributed by atoms with van der Waals surface area (Å²) in [6.07, 6.45) is 9.86. The maximum atomic E-state index is 9.91. The minimum Gasteiger partial charge on any atom is -0.390 e. The lowest BCUT2D eigenvalue weighted by molar-refractivity contribution is 0.0786. The molecule has 0 amide bonds. The maximum Gasteiger partial charge on any atom is 0.0646 e. The van der Waals surface area contributed by atoms with E-state index in [1.165, 1.54) is 37.8 Å². The summed E-state index contributed by atoms with van der Waals surface area (Å²) in [4.78, 5) is 0. The Morgan fingerprint density at radius 2 is 2.00 bits per heavy atom. The van der Waals surface area contributed by atoms with Crippen molar-refractivity contribution in [2.24, 2.45) is 5.92 Å². The average Bonchev–Trinajstić information content (AvgIpc) is 2.65. The van der Waals surface area contributed by atoms with E-state index >= 15 is 0 Å². The van der Waals surface area contributed by atoms with Crippen molar-refractivity contribution >= 4 is 0 Å². The van der Waals surface area contributed by atoms with Crippen molar-refractivity contribution in [2.45, 2.75) is 64.5 Å². The fourth-order valence-electron chi connectivity index (χ4n) is 2.88. The molecule has 0 aliphatic heterocycles. The molecule has 1 heterocycles. The van der Waals surface area contributed by atoms with Gasteiger partial charge < -0.3 is 9.67 Å². The van der Waals surface area contributed by atoms with Crippen molar-refractivity contribution in [2.75, 3.05) is 0 Å². The van der Waals surface area contributed by atoms with Crippen molar-refractivity contribution in [1.29, 1.82) is 0 Å². The lowest BCUT2D eigenvalue weighted by Gasteiger charge is -2.24. The van der Waals surface area contributed by atoms with Crippen molar-refractivity contribution in [3.05, 3.63) is 24.0 Å². The summed E-state index contributed by atoms with van der Waals surface area (Å²) < 4.78 is 2.34. The van der Waals surface area contributed by atoms with Crippen LogP contribution in [0.15, 0.2) is 18.3 Å². The van der Waals surface area contributed by atoms with Gasteiger partial charge >= 0.3 is 0 Å². The van der Waals surface area contributed by atoms with Crippen molar-refractivity contribution < 1.29 is 5.11 Å². The minimum atomic E-state index is -0.608. The standard InChI is InChI=1S/C15H25NO/c1-15(2,17)11-14-9-6-10-16(14)12-13-7-4-3-5-8-13/h6,9-10,13,17H,3-5,7-8,11-12H2,1-2H3. The molecule has 96 valence electrons. The van der Waals surface area contributed by atoms with Gasteiger partial charge in [0.05, 0.1) is 5.60 Å². The van der Waals surface area contributed by atoms with Crippen LogP contribution in [0.25, 0.3) is 0 Å². The molecule has 0 spiro atoms. The number of nitrogens with zero attached hydrogens (tertiary/aromatic N) is 1. The van der Waals surface area contributed by atoms with Crippen LogP contribution >= 0.6 is 0 Å². The van der Waals surface area contributed by atoms with Crippen LogP contribution in [-0.2, 0) is 13.0 Å². The third kappa shape index (κ3) is 3.88. The van der Waals surface area contributed by atoms with E-state index in [1.807, 2.05) is 13.8 Å². The summed E-state index contributed by atoms with van der Waals surface area (Å²) in [6, 6.07) is 4.24. The Hall–Kier alpha value is -0.760. The van der Waals surface area contributed by atoms with Gasteiger partial charge in [-0.3, -0.25) is 0 Å². The Bertz CT molecular complexity index is 342. The minimum absolute atomic E-state index is 0.608. The molecule has 1 N–H and O–H groups in total. The summed E-state index contributed by atoms with van der Waals surface area (Å²) in [6.45, 7) is 4.90. The maximum absolute atomic E-state index is 9.91. The zero-order chi connectivity index (χ0) is 12.3. The summed E-state index contributed by atoms with van der Waals surface area (Å²) in [7, 11) is 0. The van der Waals surface area contributed by atoms with Gasteiger partial charge in [0.15, 0.2) is 0 Å². The van der Waals surface area contributed by atoms with Gasteiger partial charge in [-0.1, -0.05) is 19.3 Å². The number of rotatable bonds is 4. The SMILES string of the molecule is CC(C)(O)Cc1cccn1CC1CCCCC1. The van der Waals surface area contributed by atoms with Crippen LogP contribution in [0.3, 0.4) is 0 Å². The summed E-state index contributed by atoms with van der Waals surface area (Å²) >= 11 is 0. The summed E-state index contributed by atoms with van der Waals surface area (Å²) in [5.74, 6) is 0.844. The van der Waals surface area contributed by atoms with E-state index in [0.29, 0.717) is 0 Å². The Morgan fingerprint density at radius 3 is 2.65 bits per heavy atom. The van der Waals surface area contributed by atoms with Crippen molar-refractivity contribution in [3.8, 4) is 0 Å². The van der Waals surface area contributed by atoms with E-state index in [4.69, 9.17) is 0 Å². The topological polar surface area (TPSA) is 25.2 Å². The van der Waals surface area contributed by atoms with Crippen LogP contribution in [0.4, 0.5) is 0 Å². The zero-order valence-corrected chi connectivity index (χ0v) is 11.2. The Labute approximate surface area is 105 Å². The molecule has 1 fully saturated rings. The molecule has 0 aromatic carbocycles. The predicted molar refractivity (Wildman–Crippen MR) is 71.0 cm³/mol. The van der Waals surface area contributed by atoms with Gasteiger partial charge in [-0.25, -0.2) is 0 Å². The lowest BCUT2D eigenvalue weighted by Crippen LogP contribution is -2.24. The molecule has 0 bridgehead atoms. The first-order valence-electron chi connectivity index (χ1n) is 6.91. The number of aromatic nitrogens is 1. The van der Waals surface area contributed by atoms with E-state index in [9.17, 15) is 5.11 Å². The predicted octanol–water partition coefficient (Wildman–Crippen LogP) is 3.38. The van der Waals surface area contributed by atoms with Gasteiger partial charge in [0.25, 0.3) is 0 Å². The van der Waals surface area contributed by atoms with Crippen LogP contribution in [0.5, 0.6) is 0 Å². The lowest BCUT2D eigenvalue weighted by atomic mass is 9.89. The molecule has 17 heavy (non-hydrogen) atoms. The highest BCUT2D eigenvalue weighted by atomic mass is 16.3. The van der Waals surface area contributed by atoms with Crippen LogP contribution in [0.2, 0.25) is 0 Å². The molecule has 0 unspecified atom stereocenters. The smallest absolute Gasteiger partial charge is 0.0646 e. The number of aliphatic hydroxyl groups is 1. The molecule has 2 heteroatoms. The average molecular weight is 235 g/mol. The molecule has 0 saturated heterocycles. The molecule has 1 aromatic heterocycles. The van der Waals surface area contributed by atoms with Crippen molar-refractivity contribution in [3.63, 3.8) is 0 Å². The van der Waals surface area contributed by atoms with Gasteiger partial charge in [-0.15, -0.1) is 0 Å². The van der Waals surface area contributed by atoms with Crippen LogP contribution < -0.4 is 0 Å². The molecule has 0 radical (unpaired) electrons. The van der Waals surface area contributed by atoms with E-state index < -0.39 is 5.60 Å². The highest BCUT2D eigenvalue weighted by molar-refractivity contribution is 5.09. The second-order valence-electron chi connectivity index (χ2n) is 6.15. The number of hydrogen-bond acceptors (Lipinski definition) is 1. The molecule has 2 nitrogen and oxygen atoms in total. The first-order chi connectivity index (χ1) is 8.04. The Morgan fingerprint density at radius 1 is 1.29 bits per heavy atom. The normalized spacial score (nSPS) is 18.5. The monoisotopic (exact) mass is 235 g/mol. The zero-order valence-electron chi connectivity index (χ0n) is 11.2. The van der Waals surface area contributed by atoms with Crippen LogP contribution in [0.1, 0.15) is 51.6 Å². The second-order valence-corrected chi connectivity index (χ2v) is 6.15. The highest BCUT2D eigenvalue weighted by Gasteiger charge is 2.18. The van der Waals surface area contributed by atoms with Gasteiger partial charge in [0.2, 0.25) is 0 Å². The molecule has 1 aliphatic carbocycles. The largest absolute Gasteiger partial charge is 0.390 e. The molecular weight excluding hydrogens is 210 g/mol. The molecule has 0 atom stereocenters. The molecule has 1 saturated carbocycles.